The van der Waals surface area contributed by atoms with Crippen molar-refractivity contribution in [3.05, 3.63) is 71.3 Å². The molecule has 0 radical (unpaired) electrons. The summed E-state index contributed by atoms with van der Waals surface area (Å²) >= 11 is 0. The quantitative estimate of drug-likeness (QED) is 0.316. The second kappa shape index (κ2) is 15.6. The number of likely N-dealkylation sites (tertiary alicyclic amines) is 1. The Hall–Kier alpha value is -4.55. The summed E-state index contributed by atoms with van der Waals surface area (Å²) in [6.07, 6.45) is -0.0624. The molecule has 4 atom stereocenters. The van der Waals surface area contributed by atoms with Gasteiger partial charge >= 0.3 is 18.0 Å². The van der Waals surface area contributed by atoms with Crippen LogP contribution in [0.25, 0.3) is 0 Å². The highest BCUT2D eigenvalue weighted by Gasteiger charge is 2.38. The Morgan fingerprint density at radius 3 is 2.30 bits per heavy atom. The Labute approximate surface area is 248 Å². The highest BCUT2D eigenvalue weighted by molar-refractivity contribution is 5.91. The minimum Gasteiger partial charge on any atom is -0.467 e. The molecule has 2 aromatic carbocycles. The Bertz CT molecular complexity index is 1290. The van der Waals surface area contributed by atoms with E-state index in [0.29, 0.717) is 31.9 Å². The maximum atomic E-state index is 13.9. The van der Waals surface area contributed by atoms with Crippen LogP contribution in [0.15, 0.2) is 48.5 Å². The Kier molecular flexibility index (Phi) is 12.0. The van der Waals surface area contributed by atoms with E-state index in [2.05, 4.69) is 16.0 Å². The number of hydrogen-bond donors (Lipinski definition) is 3. The van der Waals surface area contributed by atoms with Gasteiger partial charge < -0.3 is 30.3 Å². The molecule has 1 aliphatic heterocycles. The molecule has 3 rings (SSSR count). The summed E-state index contributed by atoms with van der Waals surface area (Å²) in [6, 6.07) is 7.61. The summed E-state index contributed by atoms with van der Waals surface area (Å²) in [7, 11) is 1.08. The van der Waals surface area contributed by atoms with Crippen LogP contribution in [-0.2, 0) is 41.5 Å². The van der Waals surface area contributed by atoms with Gasteiger partial charge in [-0.1, -0.05) is 30.3 Å². The molecule has 43 heavy (non-hydrogen) atoms. The van der Waals surface area contributed by atoms with Crippen molar-refractivity contribution >= 4 is 29.8 Å². The number of hydrogen-bond acceptors (Lipinski definition) is 7. The van der Waals surface area contributed by atoms with Crippen LogP contribution in [0.3, 0.4) is 0 Å². The summed E-state index contributed by atoms with van der Waals surface area (Å²) in [5.41, 5.74) is 1.04. The average molecular weight is 603 g/mol. The van der Waals surface area contributed by atoms with E-state index in [-0.39, 0.29) is 24.4 Å². The fourth-order valence-electron chi connectivity index (χ4n) is 4.82. The monoisotopic (exact) mass is 602 g/mol. The van der Waals surface area contributed by atoms with Crippen molar-refractivity contribution in [3.63, 3.8) is 0 Å². The van der Waals surface area contributed by atoms with Crippen molar-refractivity contribution < 1.29 is 42.2 Å². The van der Waals surface area contributed by atoms with E-state index in [4.69, 9.17) is 9.47 Å². The Morgan fingerprint density at radius 2 is 1.67 bits per heavy atom. The largest absolute Gasteiger partial charge is 0.467 e. The number of urea groups is 1. The highest BCUT2D eigenvalue weighted by atomic mass is 19.1. The van der Waals surface area contributed by atoms with Crippen molar-refractivity contribution in [1.82, 2.24) is 20.9 Å². The van der Waals surface area contributed by atoms with Gasteiger partial charge in [-0.3, -0.25) is 9.59 Å². The summed E-state index contributed by atoms with van der Waals surface area (Å²) in [5, 5.41) is 7.55. The number of amides is 4. The van der Waals surface area contributed by atoms with Gasteiger partial charge in [-0.25, -0.2) is 23.2 Å². The topological polar surface area (TPSA) is 143 Å². The third kappa shape index (κ3) is 9.76. The summed E-state index contributed by atoms with van der Waals surface area (Å²) in [4.78, 5) is 64.9. The number of rotatable bonds is 12. The van der Waals surface area contributed by atoms with Crippen LogP contribution >= 0.6 is 0 Å². The van der Waals surface area contributed by atoms with Crippen molar-refractivity contribution in [1.29, 1.82) is 0 Å². The van der Waals surface area contributed by atoms with Crippen molar-refractivity contribution in [2.45, 2.75) is 63.8 Å². The molecular formula is C30H36F2N4O7. The first-order valence-electron chi connectivity index (χ1n) is 13.9. The lowest BCUT2D eigenvalue weighted by Gasteiger charge is -2.28. The Balaban J connectivity index is 1.73. The lowest BCUT2D eigenvalue weighted by atomic mass is 10.0. The number of benzene rings is 2. The molecule has 232 valence electrons. The number of methoxy groups -OCH3 is 1. The second-order valence-electron chi connectivity index (χ2n) is 10.2. The average Bonchev–Trinajstić information content (AvgIpc) is 3.46. The van der Waals surface area contributed by atoms with Crippen LogP contribution in [0.4, 0.5) is 13.6 Å². The maximum Gasteiger partial charge on any atom is 0.332 e. The number of esters is 2. The van der Waals surface area contributed by atoms with Gasteiger partial charge in [0.15, 0.2) is 6.04 Å². The second-order valence-corrected chi connectivity index (χ2v) is 10.2. The molecule has 3 N–H and O–H groups in total. The van der Waals surface area contributed by atoms with Gasteiger partial charge in [0.05, 0.1) is 7.11 Å². The van der Waals surface area contributed by atoms with E-state index in [1.807, 2.05) is 30.3 Å². The minimum absolute atomic E-state index is 0.0712. The number of carbonyl (C=O) groups is 5. The zero-order valence-corrected chi connectivity index (χ0v) is 24.2. The van der Waals surface area contributed by atoms with E-state index in [1.165, 1.54) is 18.7 Å². The third-order valence-electron chi connectivity index (χ3n) is 6.98. The summed E-state index contributed by atoms with van der Waals surface area (Å²) in [6.45, 7) is 3.33. The normalized spacial score (nSPS) is 16.4. The number of nitrogens with zero attached hydrogens (tertiary/aromatic N) is 1. The lowest BCUT2D eigenvalue weighted by molar-refractivity contribution is -0.163. The highest BCUT2D eigenvalue weighted by Crippen LogP contribution is 2.20. The van der Waals surface area contributed by atoms with E-state index in [9.17, 15) is 32.8 Å². The Morgan fingerprint density at radius 1 is 1.00 bits per heavy atom. The maximum absolute atomic E-state index is 13.9. The van der Waals surface area contributed by atoms with Gasteiger partial charge in [-0.15, -0.1) is 0 Å². The first-order valence-corrected chi connectivity index (χ1v) is 13.9. The van der Waals surface area contributed by atoms with Gasteiger partial charge in [0.2, 0.25) is 11.8 Å². The van der Waals surface area contributed by atoms with Crippen LogP contribution in [0.2, 0.25) is 0 Å². The molecule has 1 heterocycles. The molecule has 11 nitrogen and oxygen atoms in total. The molecule has 13 heteroatoms. The standard InChI is InChI=1S/C30H36F2N4O7/c1-18(43-28(39)25-10-7-13-36(25)19(2)37)26(29(40)42-3)35-27(38)24(16-21-14-22(31)17-23(32)15-21)34-30(41)33-12-11-20-8-5-4-6-9-20/h4-6,8-9,14-15,17-18,24-26H,7,10-13,16H2,1-3H3,(H,35,38)(H2,33,34,41)/t18-,24-,25?,26-/m0/s1. The predicted molar refractivity (Wildman–Crippen MR) is 150 cm³/mol. The summed E-state index contributed by atoms with van der Waals surface area (Å²) in [5.74, 6) is -4.62. The predicted octanol–water partition coefficient (Wildman–Crippen LogP) is 2.02. The molecule has 0 aliphatic carbocycles. The number of nitrogens with one attached hydrogen (secondary N) is 3. The van der Waals surface area contributed by atoms with Crippen LogP contribution in [0.1, 0.15) is 37.8 Å². The third-order valence-corrected chi connectivity index (χ3v) is 6.98. The van der Waals surface area contributed by atoms with E-state index in [0.717, 1.165) is 24.8 Å². The molecule has 1 saturated heterocycles. The first kappa shape index (κ1) is 33.0. The van der Waals surface area contributed by atoms with E-state index in [1.54, 1.807) is 0 Å². The number of carbonyl (C=O) groups excluding carboxylic acids is 5. The molecule has 1 aliphatic rings. The molecule has 2 aromatic rings. The number of halogens is 2. The first-order chi connectivity index (χ1) is 20.5. The molecule has 0 spiro atoms. The lowest BCUT2D eigenvalue weighted by Crippen LogP contribution is -2.57. The van der Waals surface area contributed by atoms with Gasteiger partial charge in [0, 0.05) is 32.5 Å². The van der Waals surface area contributed by atoms with Gasteiger partial charge in [0.1, 0.15) is 29.8 Å². The molecule has 0 saturated carbocycles. The van der Waals surface area contributed by atoms with Crippen LogP contribution in [-0.4, -0.2) is 79.1 Å². The fourth-order valence-corrected chi connectivity index (χ4v) is 4.82. The van der Waals surface area contributed by atoms with Crippen LogP contribution in [0, 0.1) is 11.6 Å². The van der Waals surface area contributed by atoms with Crippen molar-refractivity contribution in [3.8, 4) is 0 Å². The molecule has 0 aromatic heterocycles. The molecule has 1 fully saturated rings. The van der Waals surface area contributed by atoms with Crippen LogP contribution in [0.5, 0.6) is 0 Å². The van der Waals surface area contributed by atoms with Crippen molar-refractivity contribution in [2.75, 3.05) is 20.2 Å². The zero-order valence-electron chi connectivity index (χ0n) is 24.2. The van der Waals surface area contributed by atoms with Gasteiger partial charge in [0.25, 0.3) is 0 Å². The molecule has 0 bridgehead atoms. The fraction of sp³-hybridized carbons (Fsp3) is 0.433. The van der Waals surface area contributed by atoms with Crippen LogP contribution < -0.4 is 16.0 Å². The van der Waals surface area contributed by atoms with E-state index < -0.39 is 59.7 Å². The zero-order chi connectivity index (χ0) is 31.5. The molecule has 4 amide bonds. The summed E-state index contributed by atoms with van der Waals surface area (Å²) < 4.78 is 38.0. The van der Waals surface area contributed by atoms with Gasteiger partial charge in [-0.2, -0.15) is 0 Å². The minimum atomic E-state index is -1.50. The van der Waals surface area contributed by atoms with E-state index >= 15 is 0 Å². The molecule has 1 unspecified atom stereocenters. The number of ether oxygens (including phenoxy) is 2. The SMILES string of the molecule is COC(=O)[C@@H](NC(=O)[C@H](Cc1cc(F)cc(F)c1)NC(=O)NCCc1ccccc1)[C@H](C)OC(=O)C1CCCN1C(C)=O. The smallest absolute Gasteiger partial charge is 0.332 e. The van der Waals surface area contributed by atoms with Crippen molar-refractivity contribution in [2.24, 2.45) is 0 Å². The molecular weight excluding hydrogens is 566 g/mol. The van der Waals surface area contributed by atoms with Gasteiger partial charge in [-0.05, 0) is 49.4 Å².